The van der Waals surface area contributed by atoms with Gasteiger partial charge in [-0.1, -0.05) is 65.8 Å². The van der Waals surface area contributed by atoms with Crippen LogP contribution in [-0.2, 0) is 28.8 Å². The average Bonchev–Trinajstić information content (AvgIpc) is 3.51. The maximum atomic E-state index is 12.9. The second kappa shape index (κ2) is 10.5. The van der Waals surface area contributed by atoms with Crippen LogP contribution in [0.2, 0.25) is 0 Å². The van der Waals surface area contributed by atoms with E-state index in [4.69, 9.17) is 14.4 Å². The third kappa shape index (κ3) is 5.05. The maximum Gasteiger partial charge on any atom is 0.412 e. The van der Waals surface area contributed by atoms with Crippen molar-refractivity contribution in [2.24, 2.45) is 0 Å². The van der Waals surface area contributed by atoms with Crippen LogP contribution in [0.3, 0.4) is 0 Å². The molecule has 1 amide bonds. The third-order valence-electron chi connectivity index (χ3n) is 7.15. The van der Waals surface area contributed by atoms with Crippen molar-refractivity contribution in [3.63, 3.8) is 0 Å². The van der Waals surface area contributed by atoms with E-state index in [0.29, 0.717) is 17.1 Å². The molecule has 194 valence electrons. The van der Waals surface area contributed by atoms with Crippen molar-refractivity contribution >= 4 is 17.7 Å². The maximum absolute atomic E-state index is 12.9. The fraction of sp³-hybridized carbons (Fsp3) is 0.258. The molecule has 5 rings (SSSR count). The molecule has 7 heteroatoms. The number of amides is 1. The van der Waals surface area contributed by atoms with Crippen LogP contribution in [0.5, 0.6) is 0 Å². The topological polar surface area (TPSA) is 102 Å². The van der Waals surface area contributed by atoms with Crippen molar-refractivity contribution in [1.82, 2.24) is 5.16 Å². The average molecular weight is 511 g/mol. The van der Waals surface area contributed by atoms with Gasteiger partial charge >= 0.3 is 12.1 Å². The number of carboxylic acid groups (broad SMARTS) is 1. The Morgan fingerprint density at radius 2 is 1.68 bits per heavy atom. The zero-order valence-corrected chi connectivity index (χ0v) is 21.7. The summed E-state index contributed by atoms with van der Waals surface area (Å²) in [6.45, 7) is 5.63. The highest BCUT2D eigenvalue weighted by molar-refractivity contribution is 5.92. The molecule has 0 fully saturated rings. The molecule has 1 atom stereocenters. The third-order valence-corrected chi connectivity index (χ3v) is 7.15. The summed E-state index contributed by atoms with van der Waals surface area (Å²) in [5, 5.41) is 16.1. The monoisotopic (exact) mass is 510 g/mol. The number of rotatable bonds is 7. The Hall–Kier alpha value is -4.39. The number of carboxylic acids is 1. The van der Waals surface area contributed by atoms with Crippen LogP contribution in [0.4, 0.5) is 10.5 Å². The minimum atomic E-state index is -0.844. The van der Waals surface area contributed by atoms with Gasteiger partial charge in [0.25, 0.3) is 0 Å². The number of anilines is 1. The summed E-state index contributed by atoms with van der Waals surface area (Å²) >= 11 is 0. The van der Waals surface area contributed by atoms with Crippen molar-refractivity contribution < 1.29 is 24.0 Å². The molecule has 0 saturated heterocycles. The zero-order chi connectivity index (χ0) is 26.8. The molecule has 4 aromatic rings. The van der Waals surface area contributed by atoms with E-state index in [0.717, 1.165) is 52.6 Å². The van der Waals surface area contributed by atoms with Gasteiger partial charge in [-0.15, -0.1) is 0 Å². The van der Waals surface area contributed by atoms with Crippen molar-refractivity contribution in [2.75, 3.05) is 5.32 Å². The lowest BCUT2D eigenvalue weighted by atomic mass is 9.92. The molecule has 1 aliphatic rings. The van der Waals surface area contributed by atoms with Crippen LogP contribution < -0.4 is 5.32 Å². The Morgan fingerprint density at radius 3 is 2.39 bits per heavy atom. The molecule has 2 N–H and O–H groups in total. The standard InChI is InChI=1S/C31H30N2O5/c1-18-7-4-5-8-23(18)20(3)37-31(36)32-29-19(2)33-38-30(29)27-16-15-24(25-9-6-10-26(25)27)22-13-11-21(12-14-22)17-28(34)35/h4-5,7-8,11-16,20H,6,9-10,17H2,1-3H3,(H,32,36)(H,34,35). The summed E-state index contributed by atoms with van der Waals surface area (Å²) in [5.41, 5.74) is 9.36. The van der Waals surface area contributed by atoms with Gasteiger partial charge < -0.3 is 14.4 Å². The summed E-state index contributed by atoms with van der Waals surface area (Å²) in [4.78, 5) is 23.9. The second-order valence-electron chi connectivity index (χ2n) is 9.74. The van der Waals surface area contributed by atoms with Crippen LogP contribution in [0.25, 0.3) is 22.5 Å². The van der Waals surface area contributed by atoms with Gasteiger partial charge in [0, 0.05) is 5.56 Å². The van der Waals surface area contributed by atoms with E-state index in [1.54, 1.807) is 6.92 Å². The first-order valence-electron chi connectivity index (χ1n) is 12.8. The smallest absolute Gasteiger partial charge is 0.412 e. The van der Waals surface area contributed by atoms with Crippen LogP contribution in [-0.4, -0.2) is 22.3 Å². The summed E-state index contributed by atoms with van der Waals surface area (Å²) in [7, 11) is 0. The van der Waals surface area contributed by atoms with Gasteiger partial charge in [-0.25, -0.2) is 4.79 Å². The molecule has 0 bridgehead atoms. The lowest BCUT2D eigenvalue weighted by Gasteiger charge is -2.17. The number of nitrogens with zero attached hydrogens (tertiary/aromatic N) is 1. The molecular formula is C31H30N2O5. The van der Waals surface area contributed by atoms with Crippen LogP contribution in [0, 0.1) is 13.8 Å². The molecule has 1 aliphatic carbocycles. The number of hydrogen-bond acceptors (Lipinski definition) is 5. The number of nitrogens with one attached hydrogen (secondary N) is 1. The number of benzene rings is 3. The number of fused-ring (bicyclic) bond motifs is 1. The largest absolute Gasteiger partial charge is 0.481 e. The molecule has 0 spiro atoms. The molecule has 1 heterocycles. The molecule has 0 saturated carbocycles. The minimum absolute atomic E-state index is 0.00408. The highest BCUT2D eigenvalue weighted by atomic mass is 16.6. The van der Waals surface area contributed by atoms with E-state index in [1.165, 1.54) is 11.1 Å². The number of carbonyl (C=O) groups is 2. The zero-order valence-electron chi connectivity index (χ0n) is 21.7. The molecule has 0 aliphatic heterocycles. The highest BCUT2D eigenvalue weighted by Crippen LogP contribution is 2.42. The van der Waals surface area contributed by atoms with Crippen molar-refractivity contribution in [3.8, 4) is 22.5 Å². The van der Waals surface area contributed by atoms with Crippen molar-refractivity contribution in [3.05, 3.63) is 94.2 Å². The van der Waals surface area contributed by atoms with E-state index in [9.17, 15) is 9.59 Å². The second-order valence-corrected chi connectivity index (χ2v) is 9.74. The Bertz CT molecular complexity index is 1500. The Morgan fingerprint density at radius 1 is 1.00 bits per heavy atom. The number of carbonyl (C=O) groups excluding carboxylic acids is 1. The van der Waals surface area contributed by atoms with E-state index >= 15 is 0 Å². The predicted molar refractivity (Wildman–Crippen MR) is 145 cm³/mol. The SMILES string of the molecule is Cc1ccccc1C(C)OC(=O)Nc1c(C)noc1-c1ccc(-c2ccc(CC(=O)O)cc2)c2c1CCC2. The quantitative estimate of drug-likeness (QED) is 0.276. The van der Waals surface area contributed by atoms with Gasteiger partial charge in [0.15, 0.2) is 5.76 Å². The Labute approximate surface area is 221 Å². The Balaban J connectivity index is 1.41. The lowest BCUT2D eigenvalue weighted by Crippen LogP contribution is -2.17. The summed E-state index contributed by atoms with van der Waals surface area (Å²) in [5.74, 6) is -0.326. The molecule has 7 nitrogen and oxygen atoms in total. The number of aliphatic carboxylic acids is 1. The van der Waals surface area contributed by atoms with Gasteiger partial charge in [0.2, 0.25) is 0 Å². The molecular weight excluding hydrogens is 480 g/mol. The molecule has 1 aromatic heterocycles. The van der Waals surface area contributed by atoms with Gasteiger partial charge in [-0.2, -0.15) is 0 Å². The van der Waals surface area contributed by atoms with Gasteiger partial charge in [-0.05, 0) is 79.0 Å². The van der Waals surface area contributed by atoms with E-state index < -0.39 is 18.2 Å². The fourth-order valence-electron chi connectivity index (χ4n) is 5.27. The number of hydrogen-bond donors (Lipinski definition) is 2. The minimum Gasteiger partial charge on any atom is -0.481 e. The van der Waals surface area contributed by atoms with Gasteiger partial charge in [0.1, 0.15) is 17.5 Å². The molecule has 3 aromatic carbocycles. The Kier molecular flexibility index (Phi) is 7.01. The lowest BCUT2D eigenvalue weighted by molar-refractivity contribution is -0.136. The summed E-state index contributed by atoms with van der Waals surface area (Å²) in [6, 6.07) is 19.6. The highest BCUT2D eigenvalue weighted by Gasteiger charge is 2.26. The van der Waals surface area contributed by atoms with E-state index in [-0.39, 0.29) is 6.42 Å². The predicted octanol–water partition coefficient (Wildman–Crippen LogP) is 7.05. The van der Waals surface area contributed by atoms with Crippen LogP contribution in [0.1, 0.15) is 53.0 Å². The fourth-order valence-corrected chi connectivity index (χ4v) is 5.27. The van der Waals surface area contributed by atoms with Crippen molar-refractivity contribution in [1.29, 1.82) is 0 Å². The van der Waals surface area contributed by atoms with Crippen LogP contribution >= 0.6 is 0 Å². The van der Waals surface area contributed by atoms with Crippen LogP contribution in [0.15, 0.2) is 65.2 Å². The normalized spacial score (nSPS) is 13.1. The molecule has 38 heavy (non-hydrogen) atoms. The van der Waals surface area contributed by atoms with Gasteiger partial charge in [-0.3, -0.25) is 10.1 Å². The molecule has 1 unspecified atom stereocenters. The van der Waals surface area contributed by atoms with E-state index in [2.05, 4.69) is 16.5 Å². The molecule has 0 radical (unpaired) electrons. The van der Waals surface area contributed by atoms with Gasteiger partial charge in [0.05, 0.1) is 6.42 Å². The first kappa shape index (κ1) is 25.3. The first-order valence-corrected chi connectivity index (χ1v) is 12.8. The number of aromatic nitrogens is 1. The first-order chi connectivity index (χ1) is 18.3. The number of ether oxygens (including phenoxy) is 1. The number of aryl methyl sites for hydroxylation is 2. The summed E-state index contributed by atoms with van der Waals surface area (Å²) in [6.07, 6.45) is 1.87. The summed E-state index contributed by atoms with van der Waals surface area (Å²) < 4.78 is 11.4. The van der Waals surface area contributed by atoms with Crippen molar-refractivity contribution in [2.45, 2.75) is 52.6 Å². The van der Waals surface area contributed by atoms with E-state index in [1.807, 2.05) is 68.4 Å².